The van der Waals surface area contributed by atoms with Gasteiger partial charge in [-0.05, 0) is 29.7 Å². The fourth-order valence-electron chi connectivity index (χ4n) is 2.53. The number of carbonyl (C=O) groups is 2. The van der Waals surface area contributed by atoms with E-state index in [1.807, 2.05) is 24.3 Å². The standard InChI is InChI=1S/C21H20FN3O4/c1-13(2)14-6-8-15(9-7-14)20-24-18(29-25-20)12-28-19(26)11-23-21(27)16-4-3-5-17(22)10-16/h3-10,13H,11-12H2,1-2H3,(H,23,27). The number of halogens is 1. The number of amides is 1. The van der Waals surface area contributed by atoms with Crippen molar-refractivity contribution in [2.45, 2.75) is 26.4 Å². The van der Waals surface area contributed by atoms with Crippen molar-refractivity contribution in [1.82, 2.24) is 15.5 Å². The van der Waals surface area contributed by atoms with Crippen LogP contribution in [0.2, 0.25) is 0 Å². The molecule has 0 unspecified atom stereocenters. The fraction of sp³-hybridized carbons (Fsp3) is 0.238. The molecule has 0 aliphatic heterocycles. The normalized spacial score (nSPS) is 10.8. The van der Waals surface area contributed by atoms with Crippen LogP contribution in [-0.4, -0.2) is 28.6 Å². The van der Waals surface area contributed by atoms with Crippen LogP contribution in [0.3, 0.4) is 0 Å². The van der Waals surface area contributed by atoms with Gasteiger partial charge in [0, 0.05) is 11.1 Å². The molecular formula is C21H20FN3O4. The van der Waals surface area contributed by atoms with E-state index >= 15 is 0 Å². The summed E-state index contributed by atoms with van der Waals surface area (Å²) in [5.74, 6) is -0.845. The molecule has 2 aromatic carbocycles. The van der Waals surface area contributed by atoms with Crippen molar-refractivity contribution in [1.29, 1.82) is 0 Å². The summed E-state index contributed by atoms with van der Waals surface area (Å²) in [4.78, 5) is 27.9. The Hall–Kier alpha value is -3.55. The van der Waals surface area contributed by atoms with E-state index in [-0.39, 0.29) is 24.6 Å². The maximum Gasteiger partial charge on any atom is 0.325 e. The van der Waals surface area contributed by atoms with Crippen LogP contribution in [0.1, 0.15) is 41.6 Å². The summed E-state index contributed by atoms with van der Waals surface area (Å²) in [6, 6.07) is 12.9. The third-order valence-corrected chi connectivity index (χ3v) is 4.14. The molecule has 0 saturated heterocycles. The number of hydrogen-bond acceptors (Lipinski definition) is 6. The highest BCUT2D eigenvalue weighted by Gasteiger charge is 2.13. The lowest BCUT2D eigenvalue weighted by molar-refractivity contribution is -0.144. The zero-order chi connectivity index (χ0) is 20.8. The molecule has 1 N–H and O–H groups in total. The molecule has 1 heterocycles. The minimum atomic E-state index is -0.684. The lowest BCUT2D eigenvalue weighted by atomic mass is 10.0. The Balaban J connectivity index is 1.49. The van der Waals surface area contributed by atoms with Crippen LogP contribution < -0.4 is 5.32 Å². The molecule has 0 aliphatic carbocycles. The first-order valence-electron chi connectivity index (χ1n) is 9.04. The summed E-state index contributed by atoms with van der Waals surface area (Å²) in [6.07, 6.45) is 0. The van der Waals surface area contributed by atoms with Crippen molar-refractivity contribution in [2.75, 3.05) is 6.54 Å². The van der Waals surface area contributed by atoms with Gasteiger partial charge in [0.25, 0.3) is 11.8 Å². The lowest BCUT2D eigenvalue weighted by Crippen LogP contribution is -2.30. The second-order valence-corrected chi connectivity index (χ2v) is 6.64. The van der Waals surface area contributed by atoms with Crippen molar-refractivity contribution in [3.63, 3.8) is 0 Å². The van der Waals surface area contributed by atoms with Gasteiger partial charge in [0.1, 0.15) is 12.4 Å². The van der Waals surface area contributed by atoms with Crippen molar-refractivity contribution < 1.29 is 23.2 Å². The van der Waals surface area contributed by atoms with E-state index in [0.717, 1.165) is 11.6 Å². The first-order valence-corrected chi connectivity index (χ1v) is 9.04. The first kappa shape index (κ1) is 20.2. The van der Waals surface area contributed by atoms with E-state index in [1.54, 1.807) is 0 Å². The third-order valence-electron chi connectivity index (χ3n) is 4.14. The Morgan fingerprint density at radius 2 is 1.93 bits per heavy atom. The van der Waals surface area contributed by atoms with E-state index < -0.39 is 17.7 Å². The lowest BCUT2D eigenvalue weighted by Gasteiger charge is -2.05. The number of hydrogen-bond donors (Lipinski definition) is 1. The summed E-state index contributed by atoms with van der Waals surface area (Å²) in [7, 11) is 0. The first-order chi connectivity index (χ1) is 13.9. The van der Waals surface area contributed by atoms with E-state index in [1.165, 1.54) is 23.8 Å². The number of benzene rings is 2. The van der Waals surface area contributed by atoms with Gasteiger partial charge in [-0.15, -0.1) is 0 Å². The van der Waals surface area contributed by atoms with Crippen LogP contribution in [-0.2, 0) is 16.1 Å². The number of nitrogens with one attached hydrogen (secondary N) is 1. The van der Waals surface area contributed by atoms with Gasteiger partial charge in [0.05, 0.1) is 0 Å². The quantitative estimate of drug-likeness (QED) is 0.614. The summed E-state index contributed by atoms with van der Waals surface area (Å²) in [5, 5.41) is 6.24. The van der Waals surface area contributed by atoms with E-state index in [9.17, 15) is 14.0 Å². The van der Waals surface area contributed by atoms with Gasteiger partial charge in [-0.25, -0.2) is 4.39 Å². The molecule has 0 spiro atoms. The predicted octanol–water partition coefficient (Wildman–Crippen LogP) is 3.47. The van der Waals surface area contributed by atoms with Crippen molar-refractivity contribution >= 4 is 11.9 Å². The number of esters is 1. The van der Waals surface area contributed by atoms with Gasteiger partial charge < -0.3 is 14.6 Å². The Kier molecular flexibility index (Phi) is 6.33. The molecule has 150 valence electrons. The smallest absolute Gasteiger partial charge is 0.325 e. The Bertz CT molecular complexity index is 999. The predicted molar refractivity (Wildman–Crippen MR) is 102 cm³/mol. The molecule has 0 atom stereocenters. The molecular weight excluding hydrogens is 377 g/mol. The zero-order valence-corrected chi connectivity index (χ0v) is 16.0. The highest BCUT2D eigenvalue weighted by molar-refractivity contribution is 5.95. The third kappa shape index (κ3) is 5.47. The van der Waals surface area contributed by atoms with Crippen LogP contribution in [0.5, 0.6) is 0 Å². The maximum atomic E-state index is 13.1. The highest BCUT2D eigenvalue weighted by atomic mass is 19.1. The van der Waals surface area contributed by atoms with Gasteiger partial charge in [-0.2, -0.15) is 4.98 Å². The largest absolute Gasteiger partial charge is 0.454 e. The van der Waals surface area contributed by atoms with Crippen LogP contribution in [0.25, 0.3) is 11.4 Å². The van der Waals surface area contributed by atoms with Crippen LogP contribution in [0.4, 0.5) is 4.39 Å². The summed E-state index contributed by atoms with van der Waals surface area (Å²) in [5.41, 5.74) is 2.10. The summed E-state index contributed by atoms with van der Waals surface area (Å²) >= 11 is 0. The molecule has 0 aliphatic rings. The number of rotatable bonds is 7. The zero-order valence-electron chi connectivity index (χ0n) is 16.0. The SMILES string of the molecule is CC(C)c1ccc(-c2noc(COC(=O)CNC(=O)c3cccc(F)c3)n2)cc1. The van der Waals surface area contributed by atoms with Gasteiger partial charge in [-0.1, -0.05) is 49.3 Å². The average molecular weight is 397 g/mol. The molecule has 1 amide bonds. The van der Waals surface area contributed by atoms with Crippen molar-refractivity contribution in [3.05, 3.63) is 71.4 Å². The molecule has 8 heteroatoms. The van der Waals surface area contributed by atoms with E-state index in [0.29, 0.717) is 11.7 Å². The molecule has 3 rings (SSSR count). The molecule has 3 aromatic rings. The Morgan fingerprint density at radius 3 is 2.62 bits per heavy atom. The van der Waals surface area contributed by atoms with Gasteiger partial charge in [-0.3, -0.25) is 9.59 Å². The molecule has 0 saturated carbocycles. The molecule has 1 aromatic heterocycles. The molecule has 7 nitrogen and oxygen atoms in total. The van der Waals surface area contributed by atoms with Crippen molar-refractivity contribution in [2.24, 2.45) is 0 Å². The number of ether oxygens (including phenoxy) is 1. The van der Waals surface area contributed by atoms with E-state index in [2.05, 4.69) is 29.3 Å². The topological polar surface area (TPSA) is 94.3 Å². The molecule has 29 heavy (non-hydrogen) atoms. The molecule has 0 bridgehead atoms. The second-order valence-electron chi connectivity index (χ2n) is 6.64. The van der Waals surface area contributed by atoms with Crippen LogP contribution >= 0.6 is 0 Å². The number of aromatic nitrogens is 2. The molecule has 0 radical (unpaired) electrons. The monoisotopic (exact) mass is 397 g/mol. The van der Waals surface area contributed by atoms with Crippen LogP contribution in [0, 0.1) is 5.82 Å². The van der Waals surface area contributed by atoms with Gasteiger partial charge in [0.2, 0.25) is 5.82 Å². The summed E-state index contributed by atoms with van der Waals surface area (Å²) < 4.78 is 23.2. The minimum absolute atomic E-state index is 0.114. The summed E-state index contributed by atoms with van der Waals surface area (Å²) in [6.45, 7) is 3.63. The number of carbonyl (C=O) groups excluding carboxylic acids is 2. The maximum absolute atomic E-state index is 13.1. The minimum Gasteiger partial charge on any atom is -0.454 e. The Labute approximate surface area is 166 Å². The Morgan fingerprint density at radius 1 is 1.17 bits per heavy atom. The average Bonchev–Trinajstić information content (AvgIpc) is 3.19. The second kappa shape index (κ2) is 9.09. The molecule has 0 fully saturated rings. The van der Waals surface area contributed by atoms with E-state index in [4.69, 9.17) is 9.26 Å². The van der Waals surface area contributed by atoms with Gasteiger partial charge >= 0.3 is 5.97 Å². The van der Waals surface area contributed by atoms with Gasteiger partial charge in [0.15, 0.2) is 6.61 Å². The van der Waals surface area contributed by atoms with Crippen LogP contribution in [0.15, 0.2) is 53.1 Å². The van der Waals surface area contributed by atoms with Crippen molar-refractivity contribution in [3.8, 4) is 11.4 Å². The highest BCUT2D eigenvalue weighted by Crippen LogP contribution is 2.20. The number of nitrogens with zero attached hydrogens (tertiary/aromatic N) is 2. The fourth-order valence-corrected chi connectivity index (χ4v) is 2.53.